The minimum Gasteiger partial charge on any atom is -0.508 e. The summed E-state index contributed by atoms with van der Waals surface area (Å²) in [7, 11) is 0. The molecule has 2 aromatic rings. The predicted molar refractivity (Wildman–Crippen MR) is 148 cm³/mol. The number of aromatic hydroxyl groups is 1. The first-order valence-corrected chi connectivity index (χ1v) is 13.1. The maximum Gasteiger partial charge on any atom is 0.326 e. The van der Waals surface area contributed by atoms with Gasteiger partial charge < -0.3 is 31.9 Å². The minimum absolute atomic E-state index is 0.00848. The molecule has 0 heterocycles. The van der Waals surface area contributed by atoms with Gasteiger partial charge in [-0.1, -0.05) is 70.2 Å². The van der Waals surface area contributed by atoms with Crippen molar-refractivity contribution in [1.29, 1.82) is 0 Å². The number of phenols is 1. The Labute approximate surface area is 229 Å². The molecule has 0 bridgehead atoms. The van der Waals surface area contributed by atoms with Gasteiger partial charge in [-0.15, -0.1) is 0 Å². The summed E-state index contributed by atoms with van der Waals surface area (Å²) in [5, 5.41) is 27.1. The average molecular weight is 541 g/mol. The summed E-state index contributed by atoms with van der Waals surface area (Å²) < 4.78 is 0. The molecule has 0 aromatic heterocycles. The lowest BCUT2D eigenvalue weighted by Gasteiger charge is -2.27. The molecule has 2 rings (SSSR count). The molecule has 0 radical (unpaired) electrons. The van der Waals surface area contributed by atoms with E-state index in [2.05, 4.69) is 16.0 Å². The van der Waals surface area contributed by atoms with E-state index < -0.39 is 47.9 Å². The van der Waals surface area contributed by atoms with Crippen LogP contribution in [0.25, 0.3) is 0 Å². The number of hydrogen-bond donors (Lipinski definition) is 6. The third kappa shape index (κ3) is 10.4. The lowest BCUT2D eigenvalue weighted by atomic mass is 9.98. The molecule has 4 atom stereocenters. The van der Waals surface area contributed by atoms with Gasteiger partial charge in [0.25, 0.3) is 0 Å². The standard InChI is InChI=1S/C29H40N4O6/c1-17(2)14-23(31-26(35)22(30)15-19-8-6-5-7-9-19)27(36)33-25(18(3)4)28(37)32-24(29(38)39)16-20-10-12-21(34)13-11-20/h5-13,17-18,22-25,34H,14-16,30H2,1-4H3,(H,31,35)(H,32,37)(H,33,36)(H,38,39)/t22-,23-,24-,25-/m0/s1. The second kappa shape index (κ2) is 14.9. The molecule has 2 aromatic carbocycles. The van der Waals surface area contributed by atoms with Gasteiger partial charge in [0, 0.05) is 6.42 Å². The second-order valence-corrected chi connectivity index (χ2v) is 10.5. The average Bonchev–Trinajstić information content (AvgIpc) is 2.87. The third-order valence-electron chi connectivity index (χ3n) is 6.21. The fourth-order valence-corrected chi connectivity index (χ4v) is 4.06. The monoisotopic (exact) mass is 540 g/mol. The Morgan fingerprint density at radius 3 is 1.85 bits per heavy atom. The van der Waals surface area contributed by atoms with E-state index in [9.17, 15) is 29.4 Å². The van der Waals surface area contributed by atoms with Gasteiger partial charge in [0.2, 0.25) is 17.7 Å². The second-order valence-electron chi connectivity index (χ2n) is 10.5. The summed E-state index contributed by atoms with van der Waals surface area (Å²) >= 11 is 0. The van der Waals surface area contributed by atoms with E-state index in [1.807, 2.05) is 44.2 Å². The molecular formula is C29H40N4O6. The zero-order chi connectivity index (χ0) is 29.1. The van der Waals surface area contributed by atoms with Crippen LogP contribution in [0, 0.1) is 11.8 Å². The van der Waals surface area contributed by atoms with Gasteiger partial charge in [-0.25, -0.2) is 4.79 Å². The molecule has 39 heavy (non-hydrogen) atoms. The highest BCUT2D eigenvalue weighted by atomic mass is 16.4. The number of nitrogens with two attached hydrogens (primary N) is 1. The number of carbonyl (C=O) groups excluding carboxylic acids is 3. The normalized spacial score (nSPS) is 14.2. The number of benzene rings is 2. The molecule has 0 spiro atoms. The number of aliphatic carboxylic acids is 1. The van der Waals surface area contributed by atoms with Crippen LogP contribution in [0.3, 0.4) is 0 Å². The van der Waals surface area contributed by atoms with E-state index in [0.29, 0.717) is 18.4 Å². The molecule has 7 N–H and O–H groups in total. The fraction of sp³-hybridized carbons (Fsp3) is 0.448. The minimum atomic E-state index is -1.25. The van der Waals surface area contributed by atoms with Gasteiger partial charge in [-0.05, 0) is 47.9 Å². The van der Waals surface area contributed by atoms with E-state index in [4.69, 9.17) is 5.73 Å². The third-order valence-corrected chi connectivity index (χ3v) is 6.21. The van der Waals surface area contributed by atoms with Crippen molar-refractivity contribution in [3.63, 3.8) is 0 Å². The Bertz CT molecular complexity index is 1100. The fourth-order valence-electron chi connectivity index (χ4n) is 4.06. The van der Waals surface area contributed by atoms with E-state index in [0.717, 1.165) is 5.56 Å². The zero-order valence-electron chi connectivity index (χ0n) is 22.9. The van der Waals surface area contributed by atoms with Crippen LogP contribution in [0.15, 0.2) is 54.6 Å². The van der Waals surface area contributed by atoms with Gasteiger partial charge in [0.05, 0.1) is 6.04 Å². The molecule has 0 saturated heterocycles. The van der Waals surface area contributed by atoms with Crippen LogP contribution in [-0.2, 0) is 32.0 Å². The number of phenolic OH excluding ortho intramolecular Hbond substituents is 1. The summed E-state index contributed by atoms with van der Waals surface area (Å²) in [4.78, 5) is 51.1. The van der Waals surface area contributed by atoms with Gasteiger partial charge in [0.1, 0.15) is 23.9 Å². The number of rotatable bonds is 14. The largest absolute Gasteiger partial charge is 0.508 e. The molecule has 10 heteroatoms. The Kier molecular flexibility index (Phi) is 11.9. The van der Waals surface area contributed by atoms with Crippen molar-refractivity contribution in [2.45, 2.75) is 71.1 Å². The quantitative estimate of drug-likeness (QED) is 0.212. The van der Waals surface area contributed by atoms with Crippen LogP contribution in [-0.4, -0.2) is 58.1 Å². The number of carboxylic acid groups (broad SMARTS) is 1. The predicted octanol–water partition coefficient (Wildman–Crippen LogP) is 1.75. The van der Waals surface area contributed by atoms with E-state index in [-0.39, 0.29) is 24.0 Å². The molecule has 0 aliphatic heterocycles. The summed E-state index contributed by atoms with van der Waals surface area (Å²) in [5.41, 5.74) is 7.60. The van der Waals surface area contributed by atoms with Crippen molar-refractivity contribution in [2.24, 2.45) is 17.6 Å². The molecule has 0 saturated carbocycles. The van der Waals surface area contributed by atoms with Crippen molar-refractivity contribution in [1.82, 2.24) is 16.0 Å². The Morgan fingerprint density at radius 1 is 0.744 bits per heavy atom. The highest BCUT2D eigenvalue weighted by Gasteiger charge is 2.32. The van der Waals surface area contributed by atoms with Crippen LogP contribution in [0.1, 0.15) is 45.2 Å². The van der Waals surface area contributed by atoms with Crippen LogP contribution < -0.4 is 21.7 Å². The summed E-state index contributed by atoms with van der Waals surface area (Å²) in [5.74, 6) is -3.19. The number of carbonyl (C=O) groups is 4. The first-order chi connectivity index (χ1) is 18.4. The topological polar surface area (TPSA) is 171 Å². The SMILES string of the molecule is CC(C)C[C@H](NC(=O)[C@@H](N)Cc1ccccc1)C(=O)N[C@H](C(=O)N[C@@H](Cc1ccc(O)cc1)C(=O)O)C(C)C. The molecule has 0 fully saturated rings. The molecule has 0 aliphatic rings. The smallest absolute Gasteiger partial charge is 0.326 e. The van der Waals surface area contributed by atoms with Crippen molar-refractivity contribution in [3.05, 3.63) is 65.7 Å². The molecular weight excluding hydrogens is 500 g/mol. The first-order valence-electron chi connectivity index (χ1n) is 13.1. The Balaban J connectivity index is 2.10. The van der Waals surface area contributed by atoms with Gasteiger partial charge in [-0.2, -0.15) is 0 Å². The molecule has 0 aliphatic carbocycles. The molecule has 10 nitrogen and oxygen atoms in total. The van der Waals surface area contributed by atoms with E-state index in [1.165, 1.54) is 12.1 Å². The van der Waals surface area contributed by atoms with Gasteiger partial charge in [0.15, 0.2) is 0 Å². The van der Waals surface area contributed by atoms with Crippen LogP contribution in [0.2, 0.25) is 0 Å². The van der Waals surface area contributed by atoms with E-state index >= 15 is 0 Å². The van der Waals surface area contributed by atoms with E-state index in [1.54, 1.807) is 26.0 Å². The lowest BCUT2D eigenvalue weighted by Crippen LogP contribution is -2.59. The van der Waals surface area contributed by atoms with Crippen molar-refractivity contribution >= 4 is 23.7 Å². The highest BCUT2D eigenvalue weighted by Crippen LogP contribution is 2.13. The van der Waals surface area contributed by atoms with Crippen LogP contribution in [0.4, 0.5) is 0 Å². The van der Waals surface area contributed by atoms with Crippen molar-refractivity contribution in [3.8, 4) is 5.75 Å². The highest BCUT2D eigenvalue weighted by molar-refractivity contribution is 5.94. The van der Waals surface area contributed by atoms with Crippen LogP contribution >= 0.6 is 0 Å². The van der Waals surface area contributed by atoms with Gasteiger partial charge in [-0.3, -0.25) is 14.4 Å². The van der Waals surface area contributed by atoms with Crippen molar-refractivity contribution in [2.75, 3.05) is 0 Å². The number of nitrogens with one attached hydrogen (secondary N) is 3. The summed E-state index contributed by atoms with van der Waals surface area (Å²) in [6, 6.07) is 11.2. The van der Waals surface area contributed by atoms with Crippen LogP contribution in [0.5, 0.6) is 5.75 Å². The van der Waals surface area contributed by atoms with Crippen molar-refractivity contribution < 1.29 is 29.4 Å². The Morgan fingerprint density at radius 2 is 1.31 bits per heavy atom. The maximum atomic E-state index is 13.3. The maximum absolute atomic E-state index is 13.3. The van der Waals surface area contributed by atoms with Gasteiger partial charge >= 0.3 is 5.97 Å². The molecule has 0 unspecified atom stereocenters. The lowest BCUT2D eigenvalue weighted by molar-refractivity contribution is -0.142. The number of hydrogen-bond acceptors (Lipinski definition) is 6. The molecule has 212 valence electrons. The number of carboxylic acids is 1. The summed E-state index contributed by atoms with van der Waals surface area (Å²) in [6.45, 7) is 7.27. The first kappa shape index (κ1) is 31.3. The summed E-state index contributed by atoms with van der Waals surface area (Å²) in [6.07, 6.45) is 0.615. The Hall–Kier alpha value is -3.92. The number of amides is 3. The zero-order valence-corrected chi connectivity index (χ0v) is 22.9. The molecule has 3 amide bonds.